The van der Waals surface area contributed by atoms with E-state index in [4.69, 9.17) is 28.6 Å². The van der Waals surface area contributed by atoms with Crippen LogP contribution in [0.25, 0.3) is 0 Å². The Morgan fingerprint density at radius 1 is 1.42 bits per heavy atom. The first-order chi connectivity index (χ1) is 8.84. The van der Waals surface area contributed by atoms with Gasteiger partial charge in [0.1, 0.15) is 0 Å². The minimum Gasteiger partial charge on any atom is -0.383 e. The maximum atomic E-state index is 12.4. The lowest BCUT2D eigenvalue weighted by Crippen LogP contribution is -2.31. The van der Waals surface area contributed by atoms with Crippen LogP contribution >= 0.6 is 23.8 Å². The van der Waals surface area contributed by atoms with Crippen molar-refractivity contribution >= 4 is 34.6 Å². The van der Waals surface area contributed by atoms with E-state index in [-0.39, 0.29) is 10.1 Å². The van der Waals surface area contributed by atoms with Gasteiger partial charge in [0.25, 0.3) is 0 Å². The van der Waals surface area contributed by atoms with Gasteiger partial charge in [0.05, 0.1) is 22.9 Å². The van der Waals surface area contributed by atoms with Crippen molar-refractivity contribution in [2.45, 2.75) is 6.18 Å². The van der Waals surface area contributed by atoms with Gasteiger partial charge in [-0.1, -0.05) is 11.6 Å². The number of nitrogens with one attached hydrogen (secondary N) is 2. The fourth-order valence-corrected chi connectivity index (χ4v) is 1.67. The number of anilines is 1. The average Bonchev–Trinajstić information content (AvgIpc) is 2.31. The molecule has 0 aromatic heterocycles. The van der Waals surface area contributed by atoms with Gasteiger partial charge in [-0.05, 0) is 30.4 Å². The highest BCUT2D eigenvalue weighted by atomic mass is 35.5. The number of hydrogen-bond acceptors (Lipinski definition) is 2. The zero-order valence-corrected chi connectivity index (χ0v) is 11.5. The molecule has 0 saturated heterocycles. The van der Waals surface area contributed by atoms with Gasteiger partial charge in [0.2, 0.25) is 0 Å². The fourth-order valence-electron chi connectivity index (χ4n) is 1.23. The van der Waals surface area contributed by atoms with Gasteiger partial charge < -0.3 is 15.4 Å². The van der Waals surface area contributed by atoms with Gasteiger partial charge >= 0.3 is 6.18 Å². The minimum absolute atomic E-state index is 0.0503. The smallest absolute Gasteiger partial charge is 0.383 e. The summed E-state index contributed by atoms with van der Waals surface area (Å²) in [5.74, 6) is 0. The van der Waals surface area contributed by atoms with E-state index in [9.17, 15) is 13.2 Å². The van der Waals surface area contributed by atoms with Crippen molar-refractivity contribution in [1.82, 2.24) is 5.32 Å². The zero-order valence-electron chi connectivity index (χ0n) is 9.97. The Hall–Kier alpha value is -1.05. The molecule has 0 aliphatic heterocycles. The van der Waals surface area contributed by atoms with Crippen LogP contribution in [0, 0.1) is 0 Å². The van der Waals surface area contributed by atoms with E-state index < -0.39 is 11.7 Å². The first kappa shape index (κ1) is 16.0. The summed E-state index contributed by atoms with van der Waals surface area (Å²) in [5.41, 5.74) is -0.495. The van der Waals surface area contributed by atoms with E-state index in [1.54, 1.807) is 7.11 Å². The molecule has 106 valence electrons. The quantitative estimate of drug-likeness (QED) is 0.660. The van der Waals surface area contributed by atoms with E-state index in [1.807, 2.05) is 0 Å². The Labute approximate surface area is 119 Å². The molecule has 0 heterocycles. The normalized spacial score (nSPS) is 11.2. The van der Waals surface area contributed by atoms with E-state index in [0.717, 1.165) is 12.1 Å². The highest BCUT2D eigenvalue weighted by molar-refractivity contribution is 7.80. The van der Waals surface area contributed by atoms with Crippen molar-refractivity contribution in [2.75, 3.05) is 25.6 Å². The SMILES string of the molecule is COCCNC(=S)Nc1ccc(C(F)(F)F)cc1Cl. The number of thiocarbonyl (C=S) groups is 1. The van der Waals surface area contributed by atoms with E-state index >= 15 is 0 Å². The average molecular weight is 313 g/mol. The molecule has 0 aliphatic rings. The van der Waals surface area contributed by atoms with Crippen molar-refractivity contribution in [3.63, 3.8) is 0 Å². The second-order valence-corrected chi connectivity index (χ2v) is 4.38. The fraction of sp³-hybridized carbons (Fsp3) is 0.364. The molecule has 8 heteroatoms. The zero-order chi connectivity index (χ0) is 14.5. The minimum atomic E-state index is -4.42. The molecular weight excluding hydrogens is 301 g/mol. The predicted octanol–water partition coefficient (Wildman–Crippen LogP) is 3.29. The number of hydrogen-bond donors (Lipinski definition) is 2. The maximum Gasteiger partial charge on any atom is 0.416 e. The summed E-state index contributed by atoms with van der Waals surface area (Å²) >= 11 is 10.7. The van der Waals surface area contributed by atoms with Crippen molar-refractivity contribution in [3.05, 3.63) is 28.8 Å². The van der Waals surface area contributed by atoms with Gasteiger partial charge in [-0.2, -0.15) is 13.2 Å². The molecular formula is C11H12ClF3N2OS. The molecule has 2 N–H and O–H groups in total. The van der Waals surface area contributed by atoms with Crippen LogP contribution in [0.2, 0.25) is 5.02 Å². The third-order valence-corrected chi connectivity index (χ3v) is 2.70. The summed E-state index contributed by atoms with van der Waals surface area (Å²) in [7, 11) is 1.55. The Bertz CT molecular complexity index is 454. The van der Waals surface area contributed by atoms with Gasteiger partial charge in [0.15, 0.2) is 5.11 Å². The monoisotopic (exact) mass is 312 g/mol. The van der Waals surface area contributed by atoms with Crippen molar-refractivity contribution in [3.8, 4) is 0 Å². The van der Waals surface area contributed by atoms with Crippen molar-refractivity contribution in [1.29, 1.82) is 0 Å². The van der Waals surface area contributed by atoms with Gasteiger partial charge in [0, 0.05) is 13.7 Å². The molecule has 0 amide bonds. The van der Waals surface area contributed by atoms with Gasteiger partial charge in [-0.25, -0.2) is 0 Å². The van der Waals surface area contributed by atoms with E-state index in [0.29, 0.717) is 18.8 Å². The summed E-state index contributed by atoms with van der Waals surface area (Å²) in [4.78, 5) is 0. The molecule has 0 fully saturated rings. The van der Waals surface area contributed by atoms with Crippen LogP contribution in [0.15, 0.2) is 18.2 Å². The second-order valence-electron chi connectivity index (χ2n) is 3.57. The maximum absolute atomic E-state index is 12.4. The molecule has 0 atom stereocenters. The first-order valence-electron chi connectivity index (χ1n) is 5.25. The molecule has 1 aromatic rings. The van der Waals surface area contributed by atoms with Crippen LogP contribution in [0.4, 0.5) is 18.9 Å². The molecule has 0 aliphatic carbocycles. The van der Waals surface area contributed by atoms with Crippen LogP contribution in [-0.4, -0.2) is 25.4 Å². The lowest BCUT2D eigenvalue weighted by molar-refractivity contribution is -0.137. The molecule has 1 rings (SSSR count). The van der Waals surface area contributed by atoms with Crippen LogP contribution in [0.3, 0.4) is 0 Å². The molecule has 1 aromatic carbocycles. The van der Waals surface area contributed by atoms with Crippen LogP contribution < -0.4 is 10.6 Å². The lowest BCUT2D eigenvalue weighted by atomic mass is 10.2. The van der Waals surface area contributed by atoms with E-state index in [1.165, 1.54) is 6.07 Å². The number of methoxy groups -OCH3 is 1. The molecule has 0 spiro atoms. The lowest BCUT2D eigenvalue weighted by Gasteiger charge is -2.13. The number of ether oxygens (including phenoxy) is 1. The predicted molar refractivity (Wildman–Crippen MR) is 72.6 cm³/mol. The van der Waals surface area contributed by atoms with Crippen LogP contribution in [0.1, 0.15) is 5.56 Å². The highest BCUT2D eigenvalue weighted by Crippen LogP contribution is 2.33. The molecule has 0 unspecified atom stereocenters. The summed E-state index contributed by atoms with van der Waals surface area (Å²) in [6, 6.07) is 3.02. The Balaban J connectivity index is 2.67. The van der Waals surface area contributed by atoms with Crippen molar-refractivity contribution < 1.29 is 17.9 Å². The number of halogens is 4. The third-order valence-electron chi connectivity index (χ3n) is 2.14. The number of alkyl halides is 3. The van der Waals surface area contributed by atoms with Gasteiger partial charge in [-0.3, -0.25) is 0 Å². The molecule has 3 nitrogen and oxygen atoms in total. The largest absolute Gasteiger partial charge is 0.416 e. The molecule has 0 saturated carbocycles. The van der Waals surface area contributed by atoms with E-state index in [2.05, 4.69) is 10.6 Å². The Morgan fingerprint density at radius 2 is 2.11 bits per heavy atom. The van der Waals surface area contributed by atoms with Crippen LogP contribution in [-0.2, 0) is 10.9 Å². The van der Waals surface area contributed by atoms with Crippen LogP contribution in [0.5, 0.6) is 0 Å². The summed E-state index contributed by atoms with van der Waals surface area (Å²) in [5, 5.41) is 5.74. The summed E-state index contributed by atoms with van der Waals surface area (Å²) in [6.45, 7) is 0.948. The Kier molecular flexibility index (Phi) is 5.84. The third kappa shape index (κ3) is 5.22. The standard InChI is InChI=1S/C11H12ClF3N2OS/c1-18-5-4-16-10(19)17-9-3-2-7(6-8(9)12)11(13,14)15/h2-3,6H,4-5H2,1H3,(H2,16,17,19). The second kappa shape index (κ2) is 6.93. The van der Waals surface area contributed by atoms with Gasteiger partial charge in [-0.15, -0.1) is 0 Å². The molecule has 0 radical (unpaired) electrons. The summed E-state index contributed by atoms with van der Waals surface area (Å²) < 4.78 is 42.1. The number of benzene rings is 1. The number of rotatable bonds is 4. The summed E-state index contributed by atoms with van der Waals surface area (Å²) in [6.07, 6.45) is -4.42. The molecule has 19 heavy (non-hydrogen) atoms. The van der Waals surface area contributed by atoms with Crippen molar-refractivity contribution in [2.24, 2.45) is 0 Å². The highest BCUT2D eigenvalue weighted by Gasteiger charge is 2.30. The topological polar surface area (TPSA) is 33.3 Å². The molecule has 0 bridgehead atoms. The first-order valence-corrected chi connectivity index (χ1v) is 6.03. The Morgan fingerprint density at radius 3 is 2.63 bits per heavy atom.